The third-order valence-electron chi connectivity index (χ3n) is 4.55. The zero-order chi connectivity index (χ0) is 14.0. The Labute approximate surface area is 122 Å². The van der Waals surface area contributed by atoms with Crippen LogP contribution in [0.1, 0.15) is 45.6 Å². The van der Waals surface area contributed by atoms with Crippen molar-refractivity contribution < 1.29 is 0 Å². The largest absolute Gasteiger partial charge is 0.382 e. The fourth-order valence-corrected chi connectivity index (χ4v) is 3.58. The first-order chi connectivity index (χ1) is 8.97. The highest BCUT2D eigenvalue weighted by Crippen LogP contribution is 2.35. The van der Waals surface area contributed by atoms with E-state index in [0.29, 0.717) is 6.04 Å². The van der Waals surface area contributed by atoms with E-state index in [4.69, 9.17) is 11.6 Å². The number of anilines is 1. The molecule has 0 saturated heterocycles. The first-order valence-corrected chi connectivity index (χ1v) is 7.88. The SMILES string of the molecule is Cc1cc(Cl)ccc1NC1CC(C)CCC1C(C)C. The van der Waals surface area contributed by atoms with Crippen LogP contribution in [0.4, 0.5) is 5.69 Å². The van der Waals surface area contributed by atoms with E-state index in [1.54, 1.807) is 0 Å². The number of nitrogens with one attached hydrogen (secondary N) is 1. The second-order valence-corrected chi connectivity index (χ2v) is 6.97. The molecule has 1 aliphatic carbocycles. The van der Waals surface area contributed by atoms with Gasteiger partial charge in [0.2, 0.25) is 0 Å². The van der Waals surface area contributed by atoms with Gasteiger partial charge in [0.15, 0.2) is 0 Å². The summed E-state index contributed by atoms with van der Waals surface area (Å²) in [5, 5.41) is 4.60. The van der Waals surface area contributed by atoms with E-state index in [2.05, 4.69) is 39.1 Å². The number of benzene rings is 1. The van der Waals surface area contributed by atoms with Gasteiger partial charge in [-0.25, -0.2) is 0 Å². The van der Waals surface area contributed by atoms with Crippen molar-refractivity contribution in [2.75, 3.05) is 5.32 Å². The van der Waals surface area contributed by atoms with Crippen LogP contribution >= 0.6 is 11.6 Å². The smallest absolute Gasteiger partial charge is 0.0410 e. The van der Waals surface area contributed by atoms with Crippen LogP contribution < -0.4 is 5.32 Å². The summed E-state index contributed by atoms with van der Waals surface area (Å²) < 4.78 is 0. The fraction of sp³-hybridized carbons (Fsp3) is 0.647. The van der Waals surface area contributed by atoms with E-state index >= 15 is 0 Å². The van der Waals surface area contributed by atoms with E-state index in [0.717, 1.165) is 22.8 Å². The lowest BCUT2D eigenvalue weighted by molar-refractivity contribution is 0.212. The molecule has 2 rings (SSSR count). The van der Waals surface area contributed by atoms with Gasteiger partial charge in [-0.3, -0.25) is 0 Å². The lowest BCUT2D eigenvalue weighted by Gasteiger charge is -2.38. The fourth-order valence-electron chi connectivity index (χ4n) is 3.36. The van der Waals surface area contributed by atoms with Crippen molar-refractivity contribution in [2.24, 2.45) is 17.8 Å². The second kappa shape index (κ2) is 6.17. The molecule has 1 saturated carbocycles. The van der Waals surface area contributed by atoms with Gasteiger partial charge in [0, 0.05) is 16.8 Å². The molecule has 0 radical (unpaired) electrons. The third kappa shape index (κ3) is 3.66. The molecule has 1 aromatic rings. The Hall–Kier alpha value is -0.690. The monoisotopic (exact) mass is 279 g/mol. The Morgan fingerprint density at radius 1 is 1.26 bits per heavy atom. The molecule has 0 spiro atoms. The van der Waals surface area contributed by atoms with Crippen LogP contribution in [0.2, 0.25) is 5.02 Å². The van der Waals surface area contributed by atoms with Crippen molar-refractivity contribution in [1.29, 1.82) is 0 Å². The van der Waals surface area contributed by atoms with Crippen LogP contribution in [-0.2, 0) is 0 Å². The minimum atomic E-state index is 0.601. The average Bonchev–Trinajstić information content (AvgIpc) is 2.32. The van der Waals surface area contributed by atoms with Gasteiger partial charge in [-0.15, -0.1) is 0 Å². The van der Waals surface area contributed by atoms with E-state index in [9.17, 15) is 0 Å². The lowest BCUT2D eigenvalue weighted by atomic mass is 9.74. The standard InChI is InChI=1S/C17H26ClN/c1-11(2)15-7-5-12(3)9-17(15)19-16-8-6-14(18)10-13(16)4/h6,8,10-12,15,17,19H,5,7,9H2,1-4H3. The Kier molecular flexibility index (Phi) is 4.78. The number of aryl methyl sites for hydroxylation is 1. The summed E-state index contributed by atoms with van der Waals surface area (Å²) in [4.78, 5) is 0. The van der Waals surface area contributed by atoms with Crippen LogP contribution in [0.25, 0.3) is 0 Å². The Bertz CT molecular complexity index is 427. The van der Waals surface area contributed by atoms with Gasteiger partial charge < -0.3 is 5.32 Å². The van der Waals surface area contributed by atoms with Crippen LogP contribution in [0.3, 0.4) is 0 Å². The predicted molar refractivity (Wildman–Crippen MR) is 84.9 cm³/mol. The Balaban J connectivity index is 2.14. The first kappa shape index (κ1) is 14.7. The maximum absolute atomic E-state index is 6.03. The van der Waals surface area contributed by atoms with Crippen molar-refractivity contribution in [3.05, 3.63) is 28.8 Å². The van der Waals surface area contributed by atoms with E-state index in [-0.39, 0.29) is 0 Å². The van der Waals surface area contributed by atoms with Crippen LogP contribution in [0, 0.1) is 24.7 Å². The first-order valence-electron chi connectivity index (χ1n) is 7.50. The van der Waals surface area contributed by atoms with Crippen molar-refractivity contribution >= 4 is 17.3 Å². The zero-order valence-electron chi connectivity index (χ0n) is 12.5. The van der Waals surface area contributed by atoms with Crippen molar-refractivity contribution in [1.82, 2.24) is 0 Å². The molecule has 1 aliphatic rings. The van der Waals surface area contributed by atoms with E-state index in [1.807, 2.05) is 12.1 Å². The molecule has 1 fully saturated rings. The molecule has 0 bridgehead atoms. The van der Waals surface area contributed by atoms with Gasteiger partial charge in [-0.05, 0) is 61.3 Å². The van der Waals surface area contributed by atoms with Gasteiger partial charge in [0.25, 0.3) is 0 Å². The van der Waals surface area contributed by atoms with E-state index in [1.165, 1.54) is 30.5 Å². The average molecular weight is 280 g/mol. The predicted octanol–water partition coefficient (Wildman–Crippen LogP) is 5.52. The van der Waals surface area contributed by atoms with Crippen LogP contribution in [0.5, 0.6) is 0 Å². The Morgan fingerprint density at radius 3 is 2.63 bits per heavy atom. The lowest BCUT2D eigenvalue weighted by Crippen LogP contribution is -2.38. The topological polar surface area (TPSA) is 12.0 Å². The summed E-state index contributed by atoms with van der Waals surface area (Å²) in [5.74, 6) is 2.36. The summed E-state index contributed by atoms with van der Waals surface area (Å²) in [6, 6.07) is 6.74. The van der Waals surface area contributed by atoms with Crippen molar-refractivity contribution in [3.8, 4) is 0 Å². The molecular weight excluding hydrogens is 254 g/mol. The summed E-state index contributed by atoms with van der Waals surface area (Å²) >= 11 is 6.03. The Morgan fingerprint density at radius 2 is 2.00 bits per heavy atom. The number of hydrogen-bond donors (Lipinski definition) is 1. The second-order valence-electron chi connectivity index (χ2n) is 6.54. The molecule has 2 heteroatoms. The molecule has 3 unspecified atom stereocenters. The highest BCUT2D eigenvalue weighted by Gasteiger charge is 2.30. The molecule has 3 atom stereocenters. The van der Waals surface area contributed by atoms with Crippen LogP contribution in [-0.4, -0.2) is 6.04 Å². The van der Waals surface area contributed by atoms with Gasteiger partial charge >= 0.3 is 0 Å². The zero-order valence-corrected chi connectivity index (χ0v) is 13.3. The maximum atomic E-state index is 6.03. The number of hydrogen-bond acceptors (Lipinski definition) is 1. The molecule has 1 aromatic carbocycles. The molecule has 1 nitrogen and oxygen atoms in total. The van der Waals surface area contributed by atoms with E-state index < -0.39 is 0 Å². The maximum Gasteiger partial charge on any atom is 0.0410 e. The highest BCUT2D eigenvalue weighted by molar-refractivity contribution is 6.30. The molecule has 0 heterocycles. The summed E-state index contributed by atoms with van der Waals surface area (Å²) in [6.07, 6.45) is 4.01. The van der Waals surface area contributed by atoms with Gasteiger partial charge in [0.1, 0.15) is 0 Å². The van der Waals surface area contributed by atoms with Crippen molar-refractivity contribution in [2.45, 2.75) is 53.0 Å². The molecule has 0 amide bonds. The normalized spacial score (nSPS) is 27.6. The van der Waals surface area contributed by atoms with Gasteiger partial charge in [-0.2, -0.15) is 0 Å². The van der Waals surface area contributed by atoms with Gasteiger partial charge in [0.05, 0.1) is 0 Å². The third-order valence-corrected chi connectivity index (χ3v) is 4.79. The molecule has 0 aliphatic heterocycles. The minimum absolute atomic E-state index is 0.601. The molecule has 0 aromatic heterocycles. The summed E-state index contributed by atoms with van der Waals surface area (Å²) in [5.41, 5.74) is 2.49. The number of halogens is 1. The van der Waals surface area contributed by atoms with Crippen molar-refractivity contribution in [3.63, 3.8) is 0 Å². The van der Waals surface area contributed by atoms with Crippen LogP contribution in [0.15, 0.2) is 18.2 Å². The molecule has 19 heavy (non-hydrogen) atoms. The highest BCUT2D eigenvalue weighted by atomic mass is 35.5. The number of rotatable bonds is 3. The quantitative estimate of drug-likeness (QED) is 0.768. The minimum Gasteiger partial charge on any atom is -0.382 e. The molecule has 1 N–H and O–H groups in total. The molecular formula is C17H26ClN. The van der Waals surface area contributed by atoms with Gasteiger partial charge in [-0.1, -0.05) is 38.8 Å². The summed E-state index contributed by atoms with van der Waals surface area (Å²) in [6.45, 7) is 9.21. The summed E-state index contributed by atoms with van der Waals surface area (Å²) in [7, 11) is 0. The molecule has 106 valence electrons.